The molecule has 0 bridgehead atoms. The van der Waals surface area contributed by atoms with Crippen LogP contribution in [0.15, 0.2) is 48.5 Å². The molecule has 0 saturated heterocycles. The Morgan fingerprint density at radius 1 is 1.19 bits per heavy atom. The van der Waals surface area contributed by atoms with E-state index in [0.29, 0.717) is 17.2 Å². The van der Waals surface area contributed by atoms with Gasteiger partial charge in [-0.15, -0.1) is 0 Å². The van der Waals surface area contributed by atoms with Gasteiger partial charge in [-0.05, 0) is 55.2 Å². The molecule has 3 unspecified atom stereocenters. The first-order valence-corrected chi connectivity index (χ1v) is 9.22. The van der Waals surface area contributed by atoms with Gasteiger partial charge < -0.3 is 15.0 Å². The lowest BCUT2D eigenvalue weighted by Crippen LogP contribution is -2.29. The van der Waals surface area contributed by atoms with Gasteiger partial charge in [0.25, 0.3) is 5.91 Å². The van der Waals surface area contributed by atoms with Gasteiger partial charge in [0.05, 0.1) is 13.2 Å². The molecule has 3 rings (SSSR count). The SMILES string of the molecule is COc1ccc(C(C)N(C)C(=O)c2cccc(NC(=O)C3CC3C)c2)cc1. The number of hydrogen-bond donors (Lipinski definition) is 1. The summed E-state index contributed by atoms with van der Waals surface area (Å²) in [5, 5.41) is 2.92. The summed E-state index contributed by atoms with van der Waals surface area (Å²) in [7, 11) is 3.41. The Hall–Kier alpha value is -2.82. The van der Waals surface area contributed by atoms with Crippen molar-refractivity contribution >= 4 is 17.5 Å². The molecule has 1 saturated carbocycles. The van der Waals surface area contributed by atoms with Gasteiger partial charge in [0, 0.05) is 24.2 Å². The molecule has 0 heterocycles. The number of ether oxygens (including phenoxy) is 1. The molecular weight excluding hydrogens is 340 g/mol. The van der Waals surface area contributed by atoms with E-state index in [-0.39, 0.29) is 23.8 Å². The molecule has 1 aliphatic carbocycles. The number of hydrogen-bond acceptors (Lipinski definition) is 3. The van der Waals surface area contributed by atoms with Gasteiger partial charge in [-0.2, -0.15) is 0 Å². The van der Waals surface area contributed by atoms with Gasteiger partial charge in [-0.25, -0.2) is 0 Å². The summed E-state index contributed by atoms with van der Waals surface area (Å²) >= 11 is 0. The van der Waals surface area contributed by atoms with Crippen LogP contribution in [0, 0.1) is 11.8 Å². The van der Waals surface area contributed by atoms with E-state index in [0.717, 1.165) is 17.7 Å². The molecule has 5 heteroatoms. The monoisotopic (exact) mass is 366 g/mol. The summed E-state index contributed by atoms with van der Waals surface area (Å²) in [6.45, 7) is 4.06. The van der Waals surface area contributed by atoms with E-state index in [1.807, 2.05) is 37.3 Å². The molecule has 3 atom stereocenters. The molecule has 0 spiro atoms. The summed E-state index contributed by atoms with van der Waals surface area (Å²) in [6.07, 6.45) is 0.937. The zero-order valence-electron chi connectivity index (χ0n) is 16.2. The lowest BCUT2D eigenvalue weighted by Gasteiger charge is -2.26. The van der Waals surface area contributed by atoms with E-state index in [9.17, 15) is 9.59 Å². The highest BCUT2D eigenvalue weighted by atomic mass is 16.5. The van der Waals surface area contributed by atoms with E-state index in [1.54, 1.807) is 37.3 Å². The van der Waals surface area contributed by atoms with Crippen LogP contribution in [-0.4, -0.2) is 30.9 Å². The Morgan fingerprint density at radius 3 is 2.44 bits per heavy atom. The number of benzene rings is 2. The molecule has 0 aromatic heterocycles. The second kappa shape index (κ2) is 7.82. The second-order valence-corrected chi connectivity index (χ2v) is 7.25. The molecule has 1 N–H and O–H groups in total. The van der Waals surface area contributed by atoms with E-state index in [1.165, 1.54) is 0 Å². The predicted molar refractivity (Wildman–Crippen MR) is 106 cm³/mol. The minimum Gasteiger partial charge on any atom is -0.497 e. The number of carbonyl (C=O) groups is 2. The van der Waals surface area contributed by atoms with Crippen molar-refractivity contribution in [1.29, 1.82) is 0 Å². The maximum absolute atomic E-state index is 12.9. The summed E-state index contributed by atoms with van der Waals surface area (Å²) < 4.78 is 5.18. The predicted octanol–water partition coefficient (Wildman–Crippen LogP) is 4.12. The van der Waals surface area contributed by atoms with Crippen molar-refractivity contribution in [3.8, 4) is 5.75 Å². The maximum Gasteiger partial charge on any atom is 0.254 e. The number of carbonyl (C=O) groups excluding carboxylic acids is 2. The summed E-state index contributed by atoms with van der Waals surface area (Å²) in [4.78, 5) is 26.7. The van der Waals surface area contributed by atoms with Crippen LogP contribution >= 0.6 is 0 Å². The van der Waals surface area contributed by atoms with Crippen LogP contribution < -0.4 is 10.1 Å². The molecule has 5 nitrogen and oxygen atoms in total. The summed E-state index contributed by atoms with van der Waals surface area (Å²) in [6, 6.07) is 14.7. The number of methoxy groups -OCH3 is 1. The van der Waals surface area contributed by atoms with Crippen molar-refractivity contribution in [3.63, 3.8) is 0 Å². The zero-order chi connectivity index (χ0) is 19.6. The van der Waals surface area contributed by atoms with Gasteiger partial charge >= 0.3 is 0 Å². The smallest absolute Gasteiger partial charge is 0.254 e. The van der Waals surface area contributed by atoms with Crippen LogP contribution in [0.2, 0.25) is 0 Å². The number of anilines is 1. The van der Waals surface area contributed by atoms with Crippen molar-refractivity contribution in [2.45, 2.75) is 26.3 Å². The molecule has 2 aromatic rings. The first kappa shape index (κ1) is 19.0. The highest BCUT2D eigenvalue weighted by Gasteiger charge is 2.39. The molecule has 2 aromatic carbocycles. The number of nitrogens with zero attached hydrogens (tertiary/aromatic N) is 1. The second-order valence-electron chi connectivity index (χ2n) is 7.25. The molecule has 27 heavy (non-hydrogen) atoms. The molecule has 142 valence electrons. The van der Waals surface area contributed by atoms with Crippen LogP contribution in [0.1, 0.15) is 42.2 Å². The van der Waals surface area contributed by atoms with Crippen molar-refractivity contribution in [2.24, 2.45) is 11.8 Å². The molecule has 1 fully saturated rings. The lowest BCUT2D eigenvalue weighted by molar-refractivity contribution is -0.117. The third-order valence-corrected chi connectivity index (χ3v) is 5.32. The van der Waals surface area contributed by atoms with Crippen molar-refractivity contribution in [3.05, 3.63) is 59.7 Å². The highest BCUT2D eigenvalue weighted by Crippen LogP contribution is 2.38. The first-order valence-electron chi connectivity index (χ1n) is 9.22. The standard InChI is InChI=1S/C22H26N2O3/c1-14-12-20(14)21(25)23-18-7-5-6-17(13-18)22(26)24(3)15(2)16-8-10-19(27-4)11-9-16/h5-11,13-15,20H,12H2,1-4H3,(H,23,25). The molecular formula is C22H26N2O3. The Labute approximate surface area is 160 Å². The third kappa shape index (κ3) is 4.30. The number of amides is 2. The Kier molecular flexibility index (Phi) is 5.49. The van der Waals surface area contributed by atoms with Crippen LogP contribution in [0.4, 0.5) is 5.69 Å². The van der Waals surface area contributed by atoms with E-state index in [4.69, 9.17) is 4.74 Å². The number of rotatable bonds is 6. The quantitative estimate of drug-likeness (QED) is 0.836. The topological polar surface area (TPSA) is 58.6 Å². The van der Waals surface area contributed by atoms with Crippen LogP contribution in [0.5, 0.6) is 5.75 Å². The normalized spacial score (nSPS) is 19.1. The van der Waals surface area contributed by atoms with Crippen LogP contribution in [0.25, 0.3) is 0 Å². The van der Waals surface area contributed by atoms with Crippen LogP contribution in [-0.2, 0) is 4.79 Å². The van der Waals surface area contributed by atoms with E-state index >= 15 is 0 Å². The summed E-state index contributed by atoms with van der Waals surface area (Å²) in [5.74, 6) is 1.28. The Bertz CT molecular complexity index is 832. The maximum atomic E-state index is 12.9. The fourth-order valence-corrected chi connectivity index (χ4v) is 3.14. The zero-order valence-corrected chi connectivity index (χ0v) is 16.2. The van der Waals surface area contributed by atoms with Crippen molar-refractivity contribution in [2.75, 3.05) is 19.5 Å². The number of nitrogens with one attached hydrogen (secondary N) is 1. The minimum atomic E-state index is -0.0889. The average Bonchev–Trinajstić information content (AvgIpc) is 3.43. The molecule has 1 aliphatic rings. The van der Waals surface area contributed by atoms with Crippen molar-refractivity contribution < 1.29 is 14.3 Å². The Balaban J connectivity index is 1.70. The highest BCUT2D eigenvalue weighted by molar-refractivity contribution is 5.98. The molecule has 0 aliphatic heterocycles. The first-order chi connectivity index (χ1) is 12.9. The van der Waals surface area contributed by atoms with Gasteiger partial charge in [-0.3, -0.25) is 9.59 Å². The fourth-order valence-electron chi connectivity index (χ4n) is 3.14. The van der Waals surface area contributed by atoms with Gasteiger partial charge in [0.15, 0.2) is 0 Å². The molecule has 0 radical (unpaired) electrons. The fraction of sp³-hybridized carbons (Fsp3) is 0.364. The van der Waals surface area contributed by atoms with Crippen molar-refractivity contribution in [1.82, 2.24) is 4.90 Å². The van der Waals surface area contributed by atoms with Gasteiger partial charge in [0.2, 0.25) is 5.91 Å². The Morgan fingerprint density at radius 2 is 1.85 bits per heavy atom. The van der Waals surface area contributed by atoms with Crippen LogP contribution in [0.3, 0.4) is 0 Å². The van der Waals surface area contributed by atoms with Gasteiger partial charge in [0.1, 0.15) is 5.75 Å². The van der Waals surface area contributed by atoms with Gasteiger partial charge in [-0.1, -0.05) is 25.1 Å². The molecule has 2 amide bonds. The van der Waals surface area contributed by atoms with E-state index < -0.39 is 0 Å². The minimum absolute atomic E-state index is 0.0343. The average molecular weight is 366 g/mol. The lowest BCUT2D eigenvalue weighted by atomic mass is 10.1. The van der Waals surface area contributed by atoms with E-state index in [2.05, 4.69) is 12.2 Å². The third-order valence-electron chi connectivity index (χ3n) is 5.32. The summed E-state index contributed by atoms with van der Waals surface area (Å²) in [5.41, 5.74) is 2.24. The largest absolute Gasteiger partial charge is 0.497 e.